The Labute approximate surface area is 137 Å². The highest BCUT2D eigenvalue weighted by Gasteiger charge is 2.49. The van der Waals surface area contributed by atoms with Crippen molar-refractivity contribution in [3.63, 3.8) is 0 Å². The minimum atomic E-state index is -0.866. The molecule has 5 aliphatic rings. The lowest BCUT2D eigenvalue weighted by Crippen LogP contribution is -2.60. The van der Waals surface area contributed by atoms with Crippen LogP contribution in [0.3, 0.4) is 0 Å². The Balaban J connectivity index is 1.40. The zero-order valence-electron chi connectivity index (χ0n) is 13.8. The maximum Gasteiger partial charge on any atom is 0.245 e. The molecule has 5 saturated carbocycles. The van der Waals surface area contributed by atoms with E-state index in [1.165, 1.54) is 32.1 Å². The second-order valence-electron chi connectivity index (χ2n) is 8.47. The molecule has 0 aromatic rings. The highest BCUT2D eigenvalue weighted by Crippen LogP contribution is 2.53. The first-order chi connectivity index (χ1) is 11.0. The maximum absolute atomic E-state index is 12.7. The lowest BCUT2D eigenvalue weighted by molar-refractivity contribution is -0.134. The largest absolute Gasteiger partial charge is 0.391 e. The molecule has 5 nitrogen and oxygen atoms in total. The number of hydrogen-bond acceptors (Lipinski definition) is 3. The van der Waals surface area contributed by atoms with E-state index in [1.54, 1.807) is 6.92 Å². The lowest BCUT2D eigenvalue weighted by atomic mass is 9.54. The van der Waals surface area contributed by atoms with Gasteiger partial charge in [-0.05, 0) is 75.5 Å². The van der Waals surface area contributed by atoms with Gasteiger partial charge in [0.25, 0.3) is 0 Å². The third kappa shape index (κ3) is 3.00. The van der Waals surface area contributed by atoms with Crippen LogP contribution in [0.4, 0.5) is 0 Å². The maximum atomic E-state index is 12.7. The van der Waals surface area contributed by atoms with E-state index in [4.69, 9.17) is 0 Å². The Hall–Kier alpha value is -1.10. The third-order valence-corrected chi connectivity index (χ3v) is 6.55. The van der Waals surface area contributed by atoms with Gasteiger partial charge in [-0.25, -0.2) is 0 Å². The van der Waals surface area contributed by atoms with Crippen molar-refractivity contribution in [3.05, 3.63) is 0 Å². The Morgan fingerprint density at radius 1 is 1.00 bits per heavy atom. The van der Waals surface area contributed by atoms with Crippen LogP contribution >= 0.6 is 0 Å². The van der Waals surface area contributed by atoms with E-state index in [9.17, 15) is 14.7 Å². The molecule has 5 rings (SSSR count). The van der Waals surface area contributed by atoms with E-state index < -0.39 is 12.1 Å². The molecule has 5 fully saturated rings. The second-order valence-corrected chi connectivity index (χ2v) is 8.47. The molecule has 2 amide bonds. The van der Waals surface area contributed by atoms with Crippen molar-refractivity contribution < 1.29 is 14.7 Å². The molecule has 0 spiro atoms. The Morgan fingerprint density at radius 2 is 1.57 bits per heavy atom. The summed E-state index contributed by atoms with van der Waals surface area (Å²) in [4.78, 5) is 24.6. The molecule has 2 unspecified atom stereocenters. The van der Waals surface area contributed by atoms with Gasteiger partial charge in [0, 0.05) is 12.0 Å². The SMILES string of the molecule is CC(O)C(NC(=O)C1CC1)C(=O)NC1C2CC3CC(C2)CC1C3. The summed E-state index contributed by atoms with van der Waals surface area (Å²) < 4.78 is 0. The van der Waals surface area contributed by atoms with Crippen LogP contribution in [0.1, 0.15) is 51.9 Å². The van der Waals surface area contributed by atoms with Crippen molar-refractivity contribution >= 4 is 11.8 Å². The van der Waals surface area contributed by atoms with Crippen LogP contribution in [0.25, 0.3) is 0 Å². The summed E-state index contributed by atoms with van der Waals surface area (Å²) >= 11 is 0. The average Bonchev–Trinajstić information content (AvgIpc) is 3.31. The van der Waals surface area contributed by atoms with E-state index in [-0.39, 0.29) is 23.8 Å². The van der Waals surface area contributed by atoms with E-state index in [0.717, 1.165) is 24.7 Å². The predicted octanol–water partition coefficient (Wildman–Crippen LogP) is 1.20. The quantitative estimate of drug-likeness (QED) is 0.712. The predicted molar refractivity (Wildman–Crippen MR) is 85.3 cm³/mol. The molecular weight excluding hydrogens is 292 g/mol. The Kier molecular flexibility index (Phi) is 3.87. The standard InChI is InChI=1S/C18H28N2O3/c1-9(21)15(19-17(22)12-2-3-12)18(23)20-16-13-5-10-4-11(7-13)8-14(16)6-10/h9-16,21H,2-8H2,1H3,(H,19,22)(H,20,23). The fourth-order valence-corrected chi connectivity index (χ4v) is 5.44. The number of rotatable bonds is 5. The first kappa shape index (κ1) is 15.4. The molecule has 0 radical (unpaired) electrons. The van der Waals surface area contributed by atoms with Crippen LogP contribution < -0.4 is 10.6 Å². The number of aliphatic hydroxyl groups excluding tert-OH is 1. The molecule has 5 heteroatoms. The minimum Gasteiger partial charge on any atom is -0.391 e. The Bertz CT molecular complexity index is 472. The molecule has 23 heavy (non-hydrogen) atoms. The molecule has 5 aliphatic carbocycles. The number of nitrogens with one attached hydrogen (secondary N) is 2. The van der Waals surface area contributed by atoms with Crippen LogP contribution in [0.2, 0.25) is 0 Å². The number of carbonyl (C=O) groups excluding carboxylic acids is 2. The summed E-state index contributed by atoms with van der Waals surface area (Å²) in [6, 6.07) is -0.574. The first-order valence-electron chi connectivity index (χ1n) is 9.30. The zero-order chi connectivity index (χ0) is 16.1. The number of hydrogen-bond donors (Lipinski definition) is 3. The summed E-state index contributed by atoms with van der Waals surface area (Å²) in [7, 11) is 0. The molecule has 128 valence electrons. The lowest BCUT2D eigenvalue weighted by Gasteiger charge is -2.54. The van der Waals surface area contributed by atoms with Crippen LogP contribution in [-0.4, -0.2) is 35.1 Å². The summed E-state index contributed by atoms with van der Waals surface area (Å²) in [5.41, 5.74) is 0. The molecule has 0 heterocycles. The van der Waals surface area contributed by atoms with E-state index in [0.29, 0.717) is 11.8 Å². The van der Waals surface area contributed by atoms with Crippen molar-refractivity contribution in [2.75, 3.05) is 0 Å². The second kappa shape index (κ2) is 5.76. The van der Waals surface area contributed by atoms with Gasteiger partial charge >= 0.3 is 0 Å². The van der Waals surface area contributed by atoms with Crippen molar-refractivity contribution in [2.45, 2.75) is 70.1 Å². The monoisotopic (exact) mass is 320 g/mol. The van der Waals surface area contributed by atoms with E-state index in [2.05, 4.69) is 10.6 Å². The fourth-order valence-electron chi connectivity index (χ4n) is 5.44. The van der Waals surface area contributed by atoms with Gasteiger partial charge in [0.1, 0.15) is 6.04 Å². The van der Waals surface area contributed by atoms with Crippen LogP contribution in [-0.2, 0) is 9.59 Å². The normalized spacial score (nSPS) is 40.5. The minimum absolute atomic E-state index is 0.0465. The molecule has 0 aromatic heterocycles. The van der Waals surface area contributed by atoms with E-state index >= 15 is 0 Å². The van der Waals surface area contributed by atoms with Crippen molar-refractivity contribution in [1.29, 1.82) is 0 Å². The molecule has 0 saturated heterocycles. The summed E-state index contributed by atoms with van der Waals surface area (Å²) in [5.74, 6) is 2.70. The van der Waals surface area contributed by atoms with Crippen molar-refractivity contribution in [3.8, 4) is 0 Å². The van der Waals surface area contributed by atoms with Gasteiger partial charge < -0.3 is 15.7 Å². The van der Waals surface area contributed by atoms with Crippen molar-refractivity contribution in [1.82, 2.24) is 10.6 Å². The van der Waals surface area contributed by atoms with Gasteiger partial charge in [-0.1, -0.05) is 0 Å². The fraction of sp³-hybridized carbons (Fsp3) is 0.889. The highest BCUT2D eigenvalue weighted by molar-refractivity contribution is 5.90. The number of amides is 2. The van der Waals surface area contributed by atoms with Gasteiger partial charge in [-0.3, -0.25) is 9.59 Å². The Morgan fingerprint density at radius 3 is 2.04 bits per heavy atom. The third-order valence-electron chi connectivity index (χ3n) is 6.55. The molecule has 2 atom stereocenters. The smallest absolute Gasteiger partial charge is 0.245 e. The number of aliphatic hydroxyl groups is 1. The van der Waals surface area contributed by atoms with E-state index in [1.807, 2.05) is 0 Å². The summed E-state index contributed by atoms with van der Waals surface area (Å²) in [5, 5.41) is 15.9. The van der Waals surface area contributed by atoms with Gasteiger partial charge in [0.15, 0.2) is 0 Å². The molecule has 0 aliphatic heterocycles. The topological polar surface area (TPSA) is 78.4 Å². The molecular formula is C18H28N2O3. The van der Waals surface area contributed by atoms with Gasteiger partial charge in [-0.2, -0.15) is 0 Å². The van der Waals surface area contributed by atoms with Crippen molar-refractivity contribution in [2.24, 2.45) is 29.6 Å². The molecule has 3 N–H and O–H groups in total. The van der Waals surface area contributed by atoms with Gasteiger partial charge in [0.2, 0.25) is 11.8 Å². The summed E-state index contributed by atoms with van der Waals surface area (Å²) in [6.07, 6.45) is 7.29. The zero-order valence-corrected chi connectivity index (χ0v) is 13.8. The molecule has 0 aromatic carbocycles. The van der Waals surface area contributed by atoms with Crippen LogP contribution in [0.5, 0.6) is 0 Å². The van der Waals surface area contributed by atoms with Crippen LogP contribution in [0, 0.1) is 29.6 Å². The van der Waals surface area contributed by atoms with Crippen LogP contribution in [0.15, 0.2) is 0 Å². The summed E-state index contributed by atoms with van der Waals surface area (Å²) in [6.45, 7) is 1.58. The number of carbonyl (C=O) groups is 2. The van der Waals surface area contributed by atoms with Gasteiger partial charge in [-0.15, -0.1) is 0 Å². The molecule has 4 bridgehead atoms. The average molecular weight is 320 g/mol. The highest BCUT2D eigenvalue weighted by atomic mass is 16.3. The van der Waals surface area contributed by atoms with Gasteiger partial charge in [0.05, 0.1) is 6.10 Å². The first-order valence-corrected chi connectivity index (χ1v) is 9.30.